The van der Waals surface area contributed by atoms with E-state index in [0.717, 1.165) is 0 Å². The van der Waals surface area contributed by atoms with Gasteiger partial charge in [0.15, 0.2) is 5.96 Å². The number of aliphatic imine (C=N–C) groups is 2. The third-order valence-corrected chi connectivity index (χ3v) is 2.58. The van der Waals surface area contributed by atoms with Gasteiger partial charge in [-0.05, 0) is 24.3 Å². The molecule has 0 amide bonds. The van der Waals surface area contributed by atoms with Crippen LogP contribution in [0.25, 0.3) is 0 Å². The zero-order valence-corrected chi connectivity index (χ0v) is 10.7. The monoisotopic (exact) mass is 291 g/mol. The highest BCUT2D eigenvalue weighted by molar-refractivity contribution is 7.89. The van der Waals surface area contributed by atoms with Crippen LogP contribution in [0.3, 0.4) is 0 Å². The lowest BCUT2D eigenvalue weighted by atomic mass is 10.3. The fourth-order valence-electron chi connectivity index (χ4n) is 1.000. The molecule has 0 aliphatic rings. The second-order valence-electron chi connectivity index (χ2n) is 3.05. The van der Waals surface area contributed by atoms with E-state index in [9.17, 15) is 8.42 Å². The van der Waals surface area contributed by atoms with Crippen LogP contribution < -0.4 is 34.7 Å². The summed E-state index contributed by atoms with van der Waals surface area (Å²) in [4.78, 5) is 7.32. The Balaban J connectivity index is 0.00000289. The summed E-state index contributed by atoms with van der Waals surface area (Å²) in [6.45, 7) is 0. The zero-order chi connectivity index (χ0) is 13.1. The van der Waals surface area contributed by atoms with Gasteiger partial charge in [0.25, 0.3) is 0 Å². The minimum absolute atomic E-state index is 0. The van der Waals surface area contributed by atoms with Gasteiger partial charge in [-0.15, -0.1) is 0 Å². The van der Waals surface area contributed by atoms with Crippen LogP contribution in [0.5, 0.6) is 0 Å². The number of sulfonamides is 1. The summed E-state index contributed by atoms with van der Waals surface area (Å²) in [6, 6.07) is 5.46. The van der Waals surface area contributed by atoms with Crippen LogP contribution in [0, 0.1) is 0 Å². The quantitative estimate of drug-likeness (QED) is 0.318. The summed E-state index contributed by atoms with van der Waals surface area (Å²) in [6.07, 6.45) is 0. The predicted molar refractivity (Wildman–Crippen MR) is 64.9 cm³/mol. The van der Waals surface area contributed by atoms with Gasteiger partial charge in [0.2, 0.25) is 16.0 Å². The molecular formula is C8H12ClN6O2S-. The summed E-state index contributed by atoms with van der Waals surface area (Å²) in [7, 11) is -3.71. The Bertz CT molecular complexity index is 562. The van der Waals surface area contributed by atoms with Crippen molar-refractivity contribution in [2.45, 2.75) is 4.90 Å². The maximum Gasteiger partial charge on any atom is 0.238 e. The highest BCUT2D eigenvalue weighted by atomic mass is 35.5. The van der Waals surface area contributed by atoms with Gasteiger partial charge in [0.05, 0.1) is 10.6 Å². The molecule has 8 nitrogen and oxygen atoms in total. The molecule has 10 heteroatoms. The highest BCUT2D eigenvalue weighted by Crippen LogP contribution is 2.15. The van der Waals surface area contributed by atoms with Crippen LogP contribution in [0.1, 0.15) is 0 Å². The summed E-state index contributed by atoms with van der Waals surface area (Å²) >= 11 is 0. The Morgan fingerprint density at radius 2 is 1.56 bits per heavy atom. The molecule has 1 aromatic rings. The molecule has 0 atom stereocenters. The van der Waals surface area contributed by atoms with Crippen molar-refractivity contribution in [2.75, 3.05) is 0 Å². The van der Waals surface area contributed by atoms with E-state index in [1.165, 1.54) is 24.3 Å². The second kappa shape index (κ2) is 6.19. The molecule has 0 saturated heterocycles. The molecule has 18 heavy (non-hydrogen) atoms. The van der Waals surface area contributed by atoms with Gasteiger partial charge in [-0.1, -0.05) is 0 Å². The van der Waals surface area contributed by atoms with Crippen molar-refractivity contribution in [1.82, 2.24) is 0 Å². The molecule has 0 fully saturated rings. The summed E-state index contributed by atoms with van der Waals surface area (Å²) < 4.78 is 21.9. The molecule has 0 unspecified atom stereocenters. The number of benzene rings is 1. The molecule has 0 aromatic heterocycles. The number of hydrogen-bond donors (Lipinski definition) is 4. The lowest BCUT2D eigenvalue weighted by Gasteiger charge is -1.99. The van der Waals surface area contributed by atoms with E-state index in [-0.39, 0.29) is 29.2 Å². The standard InChI is InChI=1S/C8H12N6O2S.ClH/c9-7(10)14-8(11)13-5-1-3-6(4-2-5)17(12,15)16;/h1-4H,(H2,12,15,16)(H6,9,10,11,13,14);1H/p-1. The minimum atomic E-state index is -3.71. The van der Waals surface area contributed by atoms with Crippen LogP contribution >= 0.6 is 0 Å². The number of primary sulfonamides is 1. The van der Waals surface area contributed by atoms with Gasteiger partial charge < -0.3 is 29.6 Å². The van der Waals surface area contributed by atoms with Crippen molar-refractivity contribution in [3.8, 4) is 0 Å². The van der Waals surface area contributed by atoms with Crippen molar-refractivity contribution in [2.24, 2.45) is 32.3 Å². The minimum Gasteiger partial charge on any atom is -1.00 e. The summed E-state index contributed by atoms with van der Waals surface area (Å²) in [5.41, 5.74) is 16.0. The van der Waals surface area contributed by atoms with Crippen LogP contribution in [0.4, 0.5) is 5.69 Å². The van der Waals surface area contributed by atoms with Gasteiger partial charge >= 0.3 is 0 Å². The van der Waals surface area contributed by atoms with Gasteiger partial charge in [0, 0.05) is 0 Å². The van der Waals surface area contributed by atoms with Crippen molar-refractivity contribution >= 4 is 27.6 Å². The molecule has 0 saturated carbocycles. The molecule has 1 rings (SSSR count). The van der Waals surface area contributed by atoms with E-state index in [4.69, 9.17) is 22.3 Å². The first-order valence-corrected chi connectivity index (χ1v) is 5.90. The Morgan fingerprint density at radius 3 is 1.94 bits per heavy atom. The molecular weight excluding hydrogens is 280 g/mol. The number of nitrogens with two attached hydrogens (primary N) is 4. The fourth-order valence-corrected chi connectivity index (χ4v) is 1.52. The van der Waals surface area contributed by atoms with E-state index < -0.39 is 10.0 Å². The number of nitrogens with zero attached hydrogens (tertiary/aromatic N) is 2. The Morgan fingerprint density at radius 1 is 1.06 bits per heavy atom. The third-order valence-electron chi connectivity index (χ3n) is 1.65. The average Bonchev–Trinajstić information content (AvgIpc) is 2.15. The number of hydrogen-bond acceptors (Lipinski definition) is 3. The van der Waals surface area contributed by atoms with E-state index in [1.807, 2.05) is 0 Å². The summed E-state index contributed by atoms with van der Waals surface area (Å²) in [5.74, 6) is -0.347. The van der Waals surface area contributed by atoms with Crippen molar-refractivity contribution < 1.29 is 20.8 Å². The normalized spacial score (nSPS) is 11.5. The maximum atomic E-state index is 11.0. The van der Waals surface area contributed by atoms with Crippen molar-refractivity contribution in [3.63, 3.8) is 0 Å². The maximum absolute atomic E-state index is 11.0. The Labute approximate surface area is 110 Å². The van der Waals surface area contributed by atoms with Crippen LogP contribution in [0.15, 0.2) is 39.1 Å². The molecule has 0 radical (unpaired) electrons. The predicted octanol–water partition coefficient (Wildman–Crippen LogP) is -4.44. The lowest BCUT2D eigenvalue weighted by Crippen LogP contribution is -3.00. The Hall–Kier alpha value is -1.84. The smallest absolute Gasteiger partial charge is 0.238 e. The number of halogens is 1. The molecule has 0 aliphatic carbocycles. The van der Waals surface area contributed by atoms with E-state index in [2.05, 4.69) is 9.98 Å². The SMILES string of the molecule is NC(N)=NC(N)=Nc1ccc(S(N)(=O)=O)cc1.[Cl-]. The largest absolute Gasteiger partial charge is 1.00 e. The zero-order valence-electron chi connectivity index (χ0n) is 9.12. The van der Waals surface area contributed by atoms with Crippen LogP contribution in [-0.2, 0) is 10.0 Å². The molecule has 8 N–H and O–H groups in total. The van der Waals surface area contributed by atoms with Crippen LogP contribution in [-0.4, -0.2) is 20.3 Å². The molecule has 0 heterocycles. The first-order chi connectivity index (χ1) is 7.79. The molecule has 0 spiro atoms. The summed E-state index contributed by atoms with van der Waals surface area (Å²) in [5, 5.41) is 4.93. The van der Waals surface area contributed by atoms with E-state index in [1.54, 1.807) is 0 Å². The van der Waals surface area contributed by atoms with Gasteiger partial charge in [-0.2, -0.15) is 4.99 Å². The van der Waals surface area contributed by atoms with E-state index in [0.29, 0.717) is 5.69 Å². The van der Waals surface area contributed by atoms with Crippen LogP contribution in [0.2, 0.25) is 0 Å². The first-order valence-electron chi connectivity index (χ1n) is 4.35. The molecule has 0 aliphatic heterocycles. The Kier molecular flexibility index (Phi) is 5.56. The van der Waals surface area contributed by atoms with Gasteiger partial charge in [0.1, 0.15) is 0 Å². The second-order valence-corrected chi connectivity index (χ2v) is 4.61. The van der Waals surface area contributed by atoms with Crippen molar-refractivity contribution in [1.29, 1.82) is 0 Å². The average molecular weight is 292 g/mol. The first kappa shape index (κ1) is 16.2. The molecule has 0 bridgehead atoms. The van der Waals surface area contributed by atoms with Gasteiger partial charge in [-0.3, -0.25) is 0 Å². The van der Waals surface area contributed by atoms with Gasteiger partial charge in [-0.25, -0.2) is 18.5 Å². The van der Waals surface area contributed by atoms with E-state index >= 15 is 0 Å². The molecule has 100 valence electrons. The lowest BCUT2D eigenvalue weighted by molar-refractivity contribution is -0.00000672. The number of rotatable bonds is 2. The molecule has 1 aromatic carbocycles. The number of guanidine groups is 2. The highest BCUT2D eigenvalue weighted by Gasteiger charge is 2.06. The van der Waals surface area contributed by atoms with Crippen molar-refractivity contribution in [3.05, 3.63) is 24.3 Å². The topological polar surface area (TPSA) is 163 Å². The fraction of sp³-hybridized carbons (Fsp3) is 0. The third kappa shape index (κ3) is 4.99.